The van der Waals surface area contributed by atoms with Crippen molar-refractivity contribution in [1.82, 2.24) is 5.32 Å². The Morgan fingerprint density at radius 1 is 1.16 bits per heavy atom. The summed E-state index contributed by atoms with van der Waals surface area (Å²) >= 11 is 0. The van der Waals surface area contributed by atoms with Gasteiger partial charge >= 0.3 is 5.97 Å². The van der Waals surface area contributed by atoms with Crippen molar-refractivity contribution in [2.45, 2.75) is 43.9 Å². The molecule has 0 aromatic carbocycles. The third kappa shape index (κ3) is 3.66. The zero-order chi connectivity index (χ0) is 14.0. The van der Waals surface area contributed by atoms with Crippen LogP contribution in [0.2, 0.25) is 0 Å². The number of carboxylic acids is 1. The highest BCUT2D eigenvalue weighted by atomic mass is 32.2. The lowest BCUT2D eigenvalue weighted by atomic mass is 10.1. The molecular formula is C11H17NO6S. The predicted molar refractivity (Wildman–Crippen MR) is 65.3 cm³/mol. The summed E-state index contributed by atoms with van der Waals surface area (Å²) in [6, 6.07) is -0.390. The highest BCUT2D eigenvalue weighted by molar-refractivity contribution is 7.91. The van der Waals surface area contributed by atoms with E-state index in [-0.39, 0.29) is 11.5 Å². The third-order valence-corrected chi connectivity index (χ3v) is 5.22. The molecule has 8 heteroatoms. The van der Waals surface area contributed by atoms with Crippen molar-refractivity contribution in [3.63, 3.8) is 0 Å². The van der Waals surface area contributed by atoms with Crippen LogP contribution in [0.1, 0.15) is 25.7 Å². The van der Waals surface area contributed by atoms with Crippen molar-refractivity contribution in [2.75, 3.05) is 11.5 Å². The Bertz CT molecular complexity index is 474. The first kappa shape index (κ1) is 14.3. The van der Waals surface area contributed by atoms with Gasteiger partial charge in [0, 0.05) is 6.04 Å². The van der Waals surface area contributed by atoms with Gasteiger partial charge in [0.05, 0.1) is 11.5 Å². The van der Waals surface area contributed by atoms with Crippen molar-refractivity contribution >= 4 is 21.7 Å². The van der Waals surface area contributed by atoms with Gasteiger partial charge < -0.3 is 15.2 Å². The second kappa shape index (κ2) is 5.46. The molecule has 0 aromatic heterocycles. The Morgan fingerprint density at radius 2 is 1.84 bits per heavy atom. The molecule has 2 rings (SSSR count). The van der Waals surface area contributed by atoms with E-state index in [2.05, 4.69) is 5.32 Å². The lowest BCUT2D eigenvalue weighted by Crippen LogP contribution is -2.47. The van der Waals surface area contributed by atoms with Crippen LogP contribution in [0.25, 0.3) is 0 Å². The highest BCUT2D eigenvalue weighted by Crippen LogP contribution is 2.21. The summed E-state index contributed by atoms with van der Waals surface area (Å²) < 4.78 is 28.0. The molecule has 0 spiro atoms. The SMILES string of the molecule is O=C(NC1CCCS(=O)(=O)C1)[C@@H]1CC[C@H](C(=O)O)O1. The molecule has 7 nitrogen and oxygen atoms in total. The maximum absolute atomic E-state index is 11.9. The van der Waals surface area contributed by atoms with Crippen LogP contribution in [0.15, 0.2) is 0 Å². The summed E-state index contributed by atoms with van der Waals surface area (Å²) in [7, 11) is -3.07. The first-order chi connectivity index (χ1) is 8.87. The number of ether oxygens (including phenoxy) is 1. The number of nitrogens with one attached hydrogen (secondary N) is 1. The quantitative estimate of drug-likeness (QED) is 0.712. The average molecular weight is 291 g/mol. The summed E-state index contributed by atoms with van der Waals surface area (Å²) in [6.45, 7) is 0. The number of hydrogen-bond acceptors (Lipinski definition) is 5. The zero-order valence-electron chi connectivity index (χ0n) is 10.4. The molecule has 0 aliphatic carbocycles. The fraction of sp³-hybridized carbons (Fsp3) is 0.818. The number of rotatable bonds is 3. The van der Waals surface area contributed by atoms with E-state index >= 15 is 0 Å². The number of carboxylic acid groups (broad SMARTS) is 1. The van der Waals surface area contributed by atoms with E-state index in [1.165, 1.54) is 0 Å². The van der Waals surface area contributed by atoms with Crippen LogP contribution in [0.5, 0.6) is 0 Å². The van der Waals surface area contributed by atoms with Crippen LogP contribution >= 0.6 is 0 Å². The first-order valence-electron chi connectivity index (χ1n) is 6.26. The molecule has 0 bridgehead atoms. The van der Waals surface area contributed by atoms with Crippen LogP contribution in [0, 0.1) is 0 Å². The maximum atomic E-state index is 11.9. The molecule has 2 aliphatic heterocycles. The normalized spacial score (nSPS) is 33.8. The topological polar surface area (TPSA) is 110 Å². The summed E-state index contributed by atoms with van der Waals surface area (Å²) in [5, 5.41) is 11.4. The Morgan fingerprint density at radius 3 is 2.42 bits per heavy atom. The van der Waals surface area contributed by atoms with E-state index in [0.717, 1.165) is 0 Å². The minimum Gasteiger partial charge on any atom is -0.479 e. The molecule has 2 aliphatic rings. The number of aliphatic carboxylic acids is 1. The molecule has 2 heterocycles. The third-order valence-electron chi connectivity index (χ3n) is 3.40. The smallest absolute Gasteiger partial charge is 0.332 e. The Labute approximate surface area is 111 Å². The number of carbonyl (C=O) groups is 2. The van der Waals surface area contributed by atoms with Gasteiger partial charge in [-0.2, -0.15) is 0 Å². The first-order valence-corrected chi connectivity index (χ1v) is 8.08. The van der Waals surface area contributed by atoms with Gasteiger partial charge in [-0.1, -0.05) is 0 Å². The van der Waals surface area contributed by atoms with Gasteiger partial charge in [-0.15, -0.1) is 0 Å². The Hall–Kier alpha value is -1.15. The highest BCUT2D eigenvalue weighted by Gasteiger charge is 2.36. The van der Waals surface area contributed by atoms with Crippen LogP contribution in [0.3, 0.4) is 0 Å². The molecule has 2 saturated heterocycles. The van der Waals surface area contributed by atoms with E-state index in [4.69, 9.17) is 9.84 Å². The number of carbonyl (C=O) groups excluding carboxylic acids is 1. The standard InChI is InChI=1S/C11H17NO6S/c13-10(8-3-4-9(18-8)11(14)15)12-7-2-1-5-19(16,17)6-7/h7-9H,1-6H2,(H,12,13)(H,14,15)/t7?,8-,9+/m0/s1. The summed E-state index contributed by atoms with van der Waals surface area (Å²) in [4.78, 5) is 22.6. The molecule has 0 radical (unpaired) electrons. The fourth-order valence-corrected chi connectivity index (χ4v) is 4.08. The summed E-state index contributed by atoms with van der Waals surface area (Å²) in [6.07, 6.45) is 0.0893. The van der Waals surface area contributed by atoms with Gasteiger partial charge in [-0.05, 0) is 25.7 Å². The van der Waals surface area contributed by atoms with Gasteiger partial charge in [-0.3, -0.25) is 4.79 Å². The van der Waals surface area contributed by atoms with Gasteiger partial charge in [0.1, 0.15) is 6.10 Å². The molecule has 3 atom stereocenters. The van der Waals surface area contributed by atoms with Crippen LogP contribution in [-0.4, -0.2) is 55.2 Å². The Kier molecular flexibility index (Phi) is 4.10. The van der Waals surface area contributed by atoms with Crippen molar-refractivity contribution in [3.05, 3.63) is 0 Å². The number of hydrogen-bond donors (Lipinski definition) is 2. The van der Waals surface area contributed by atoms with Crippen molar-refractivity contribution in [1.29, 1.82) is 0 Å². The molecule has 19 heavy (non-hydrogen) atoms. The van der Waals surface area contributed by atoms with E-state index in [9.17, 15) is 18.0 Å². The van der Waals surface area contributed by atoms with Crippen LogP contribution < -0.4 is 5.32 Å². The lowest BCUT2D eigenvalue weighted by molar-refractivity contribution is -0.151. The summed E-state index contributed by atoms with van der Waals surface area (Å²) in [5.74, 6) is -1.37. The fourth-order valence-electron chi connectivity index (χ4n) is 2.44. The molecule has 0 aromatic rings. The van der Waals surface area contributed by atoms with Gasteiger partial charge in [0.25, 0.3) is 0 Å². The molecule has 1 unspecified atom stereocenters. The van der Waals surface area contributed by atoms with Gasteiger partial charge in [0.2, 0.25) is 5.91 Å². The minimum atomic E-state index is -3.07. The molecule has 108 valence electrons. The van der Waals surface area contributed by atoms with Gasteiger partial charge in [0.15, 0.2) is 15.9 Å². The second-order valence-corrected chi connectivity index (χ2v) is 7.22. The van der Waals surface area contributed by atoms with Crippen LogP contribution in [-0.2, 0) is 24.2 Å². The summed E-state index contributed by atoms with van der Waals surface area (Å²) in [5.41, 5.74) is 0. The molecule has 0 saturated carbocycles. The molecular weight excluding hydrogens is 274 g/mol. The average Bonchev–Trinajstić information content (AvgIpc) is 2.76. The predicted octanol–water partition coefficient (Wildman–Crippen LogP) is -0.688. The maximum Gasteiger partial charge on any atom is 0.332 e. The van der Waals surface area contributed by atoms with Crippen molar-refractivity contribution in [3.8, 4) is 0 Å². The number of sulfone groups is 1. The Balaban J connectivity index is 1.86. The van der Waals surface area contributed by atoms with E-state index < -0.39 is 40.0 Å². The van der Waals surface area contributed by atoms with Gasteiger partial charge in [-0.25, -0.2) is 13.2 Å². The minimum absolute atomic E-state index is 0.0478. The lowest BCUT2D eigenvalue weighted by Gasteiger charge is -2.24. The van der Waals surface area contributed by atoms with Crippen molar-refractivity contribution in [2.24, 2.45) is 0 Å². The zero-order valence-corrected chi connectivity index (χ0v) is 11.2. The van der Waals surface area contributed by atoms with E-state index in [1.807, 2.05) is 0 Å². The van der Waals surface area contributed by atoms with Crippen LogP contribution in [0.4, 0.5) is 0 Å². The monoisotopic (exact) mass is 291 g/mol. The van der Waals surface area contributed by atoms with E-state index in [0.29, 0.717) is 25.7 Å². The number of amides is 1. The molecule has 1 amide bonds. The molecule has 2 fully saturated rings. The van der Waals surface area contributed by atoms with E-state index in [1.54, 1.807) is 0 Å². The second-order valence-electron chi connectivity index (χ2n) is 4.99. The van der Waals surface area contributed by atoms with Crippen molar-refractivity contribution < 1.29 is 27.9 Å². The largest absolute Gasteiger partial charge is 0.479 e. The molecule has 2 N–H and O–H groups in total.